The maximum atomic E-state index is 13.2. The van der Waals surface area contributed by atoms with E-state index in [2.05, 4.69) is 15.5 Å². The summed E-state index contributed by atoms with van der Waals surface area (Å²) in [6.45, 7) is 2.58. The van der Waals surface area contributed by atoms with Gasteiger partial charge >= 0.3 is 12.2 Å². The molecule has 0 spiro atoms. The minimum Gasteiger partial charge on any atom is -0.493 e. The standard InChI is InChI=1S/C22H26F3N3O4/c1-30-19-8-7-15(13-20(19)31-2)18(28-9-11-32-12-10-28)14-26-21(29)27-17-6-4-3-5-16(17)22(23,24)25/h3-8,13,18H,9-12,14H2,1-2H3,(H2,26,27,29). The van der Waals surface area contributed by atoms with Crippen LogP contribution in [0.15, 0.2) is 42.5 Å². The van der Waals surface area contributed by atoms with Crippen LogP contribution in [0.4, 0.5) is 23.7 Å². The number of hydrogen-bond donors (Lipinski definition) is 2. The third kappa shape index (κ3) is 5.83. The number of alkyl halides is 3. The number of hydrogen-bond acceptors (Lipinski definition) is 5. The lowest BCUT2D eigenvalue weighted by Gasteiger charge is -2.35. The van der Waals surface area contributed by atoms with E-state index >= 15 is 0 Å². The van der Waals surface area contributed by atoms with Gasteiger partial charge in [0.05, 0.1) is 44.7 Å². The number of ether oxygens (including phenoxy) is 3. The maximum Gasteiger partial charge on any atom is 0.418 e. The molecule has 1 aliphatic rings. The summed E-state index contributed by atoms with van der Waals surface area (Å²) in [5, 5.41) is 5.01. The predicted octanol–water partition coefficient (Wildman–Crippen LogP) is 3.92. The van der Waals surface area contributed by atoms with Crippen LogP contribution in [0.25, 0.3) is 0 Å². The number of morpholine rings is 1. The van der Waals surface area contributed by atoms with Crippen molar-refractivity contribution in [1.82, 2.24) is 10.2 Å². The van der Waals surface area contributed by atoms with E-state index in [0.717, 1.165) is 11.6 Å². The highest BCUT2D eigenvalue weighted by molar-refractivity contribution is 5.90. The van der Waals surface area contributed by atoms with Crippen LogP contribution in [-0.4, -0.2) is 58.0 Å². The van der Waals surface area contributed by atoms with Crippen molar-refractivity contribution in [2.24, 2.45) is 0 Å². The predicted molar refractivity (Wildman–Crippen MR) is 113 cm³/mol. The second kappa shape index (κ2) is 10.6. The zero-order valence-electron chi connectivity index (χ0n) is 17.9. The number of amides is 2. The van der Waals surface area contributed by atoms with Crippen LogP contribution in [0.2, 0.25) is 0 Å². The highest BCUT2D eigenvalue weighted by Gasteiger charge is 2.33. The average Bonchev–Trinajstić information content (AvgIpc) is 2.79. The number of nitrogens with zero attached hydrogens (tertiary/aromatic N) is 1. The number of rotatable bonds is 7. The van der Waals surface area contributed by atoms with Gasteiger partial charge in [-0.2, -0.15) is 13.2 Å². The van der Waals surface area contributed by atoms with Crippen LogP contribution in [0.1, 0.15) is 17.2 Å². The Bertz CT molecular complexity index is 918. The molecule has 1 heterocycles. The van der Waals surface area contributed by atoms with Crippen molar-refractivity contribution >= 4 is 11.7 Å². The van der Waals surface area contributed by atoms with E-state index in [4.69, 9.17) is 14.2 Å². The molecular formula is C22H26F3N3O4. The molecule has 2 amide bonds. The average molecular weight is 453 g/mol. The monoisotopic (exact) mass is 453 g/mol. The fourth-order valence-electron chi connectivity index (χ4n) is 3.60. The number of anilines is 1. The number of carbonyl (C=O) groups is 1. The van der Waals surface area contributed by atoms with Crippen molar-refractivity contribution in [3.05, 3.63) is 53.6 Å². The van der Waals surface area contributed by atoms with Crippen molar-refractivity contribution in [2.75, 3.05) is 52.4 Å². The Morgan fingerprint density at radius 2 is 1.78 bits per heavy atom. The normalized spacial score (nSPS) is 15.7. The van der Waals surface area contributed by atoms with Gasteiger partial charge in [-0.3, -0.25) is 4.90 Å². The summed E-state index contributed by atoms with van der Waals surface area (Å²) in [5.41, 5.74) is -0.327. The molecule has 10 heteroatoms. The van der Waals surface area contributed by atoms with Gasteiger partial charge in [0.25, 0.3) is 0 Å². The van der Waals surface area contributed by atoms with Gasteiger partial charge in [-0.25, -0.2) is 4.79 Å². The quantitative estimate of drug-likeness (QED) is 0.665. The van der Waals surface area contributed by atoms with Gasteiger partial charge in [0.15, 0.2) is 11.5 Å². The second-order valence-electron chi connectivity index (χ2n) is 7.16. The van der Waals surface area contributed by atoms with Crippen molar-refractivity contribution in [1.29, 1.82) is 0 Å². The lowest BCUT2D eigenvalue weighted by atomic mass is 10.0. The molecular weight excluding hydrogens is 427 g/mol. The minimum absolute atomic E-state index is 0.176. The molecule has 1 atom stereocenters. The van der Waals surface area contributed by atoms with Crippen LogP contribution in [0.3, 0.4) is 0 Å². The number of nitrogens with one attached hydrogen (secondary N) is 2. The molecule has 32 heavy (non-hydrogen) atoms. The lowest BCUT2D eigenvalue weighted by Crippen LogP contribution is -2.44. The van der Waals surface area contributed by atoms with Crippen molar-refractivity contribution in [3.63, 3.8) is 0 Å². The van der Waals surface area contributed by atoms with Gasteiger partial charge < -0.3 is 24.8 Å². The molecule has 7 nitrogen and oxygen atoms in total. The summed E-state index contributed by atoms with van der Waals surface area (Å²) in [7, 11) is 3.08. The van der Waals surface area contributed by atoms with E-state index in [1.807, 2.05) is 12.1 Å². The Kier molecular flexibility index (Phi) is 7.81. The summed E-state index contributed by atoms with van der Waals surface area (Å²) in [6, 6.07) is 9.38. The van der Waals surface area contributed by atoms with Gasteiger partial charge in [-0.15, -0.1) is 0 Å². The zero-order chi connectivity index (χ0) is 23.1. The van der Waals surface area contributed by atoms with Gasteiger partial charge in [-0.05, 0) is 29.8 Å². The molecule has 2 N–H and O–H groups in total. The number of benzene rings is 2. The first-order chi connectivity index (χ1) is 15.3. The number of halogens is 3. The number of para-hydroxylation sites is 1. The molecule has 1 aliphatic heterocycles. The first kappa shape index (κ1) is 23.7. The van der Waals surface area contributed by atoms with E-state index in [0.29, 0.717) is 37.8 Å². The Labute approximate surface area is 184 Å². The maximum absolute atomic E-state index is 13.2. The van der Waals surface area contributed by atoms with Crippen LogP contribution < -0.4 is 20.1 Å². The Balaban J connectivity index is 1.76. The van der Waals surface area contributed by atoms with Crippen LogP contribution >= 0.6 is 0 Å². The summed E-state index contributed by atoms with van der Waals surface area (Å²) in [4.78, 5) is 14.6. The largest absolute Gasteiger partial charge is 0.493 e. The lowest BCUT2D eigenvalue weighted by molar-refractivity contribution is -0.136. The fraction of sp³-hybridized carbons (Fsp3) is 0.409. The van der Waals surface area contributed by atoms with E-state index in [9.17, 15) is 18.0 Å². The third-order valence-electron chi connectivity index (χ3n) is 5.22. The van der Waals surface area contributed by atoms with Crippen LogP contribution in [0, 0.1) is 0 Å². The molecule has 1 fully saturated rings. The number of carbonyl (C=O) groups excluding carboxylic acids is 1. The van der Waals surface area contributed by atoms with Gasteiger partial charge in [0.1, 0.15) is 0 Å². The third-order valence-corrected chi connectivity index (χ3v) is 5.22. The van der Waals surface area contributed by atoms with Gasteiger partial charge in [0, 0.05) is 19.6 Å². The zero-order valence-corrected chi connectivity index (χ0v) is 17.9. The smallest absolute Gasteiger partial charge is 0.418 e. The summed E-state index contributed by atoms with van der Waals surface area (Å²) in [5.74, 6) is 1.12. The molecule has 1 saturated heterocycles. The fourth-order valence-corrected chi connectivity index (χ4v) is 3.60. The molecule has 3 rings (SSSR count). The van der Waals surface area contributed by atoms with E-state index in [1.54, 1.807) is 13.2 Å². The van der Waals surface area contributed by atoms with E-state index in [-0.39, 0.29) is 18.3 Å². The summed E-state index contributed by atoms with van der Waals surface area (Å²) in [6.07, 6.45) is -4.57. The Morgan fingerprint density at radius 3 is 2.44 bits per heavy atom. The van der Waals surface area contributed by atoms with Gasteiger partial charge in [-0.1, -0.05) is 18.2 Å². The molecule has 2 aromatic carbocycles. The molecule has 0 aliphatic carbocycles. The molecule has 0 saturated carbocycles. The van der Waals surface area contributed by atoms with Crippen LogP contribution in [0.5, 0.6) is 11.5 Å². The topological polar surface area (TPSA) is 72.1 Å². The summed E-state index contributed by atoms with van der Waals surface area (Å²) >= 11 is 0. The summed E-state index contributed by atoms with van der Waals surface area (Å²) < 4.78 is 55.7. The second-order valence-corrected chi connectivity index (χ2v) is 7.16. The molecule has 1 unspecified atom stereocenters. The van der Waals surface area contributed by atoms with Crippen LogP contribution in [-0.2, 0) is 10.9 Å². The minimum atomic E-state index is -4.57. The Morgan fingerprint density at radius 1 is 1.09 bits per heavy atom. The SMILES string of the molecule is COc1ccc(C(CNC(=O)Nc2ccccc2C(F)(F)F)N2CCOCC2)cc1OC. The van der Waals surface area contributed by atoms with Crippen molar-refractivity contribution < 1.29 is 32.2 Å². The van der Waals surface area contributed by atoms with Crippen molar-refractivity contribution in [3.8, 4) is 11.5 Å². The highest BCUT2D eigenvalue weighted by atomic mass is 19.4. The molecule has 0 aromatic heterocycles. The van der Waals surface area contributed by atoms with E-state index < -0.39 is 17.8 Å². The number of methoxy groups -OCH3 is 2. The molecule has 0 radical (unpaired) electrons. The first-order valence-electron chi connectivity index (χ1n) is 10.1. The Hall–Kier alpha value is -2.98. The van der Waals surface area contributed by atoms with Crippen molar-refractivity contribution in [2.45, 2.75) is 12.2 Å². The number of urea groups is 1. The molecule has 2 aromatic rings. The van der Waals surface area contributed by atoms with E-state index in [1.165, 1.54) is 25.3 Å². The first-order valence-corrected chi connectivity index (χ1v) is 10.1. The molecule has 174 valence electrons. The highest BCUT2D eigenvalue weighted by Crippen LogP contribution is 2.35. The van der Waals surface area contributed by atoms with Gasteiger partial charge in [0.2, 0.25) is 0 Å². The molecule has 0 bridgehead atoms.